The maximum absolute atomic E-state index is 13.3. The van der Waals surface area contributed by atoms with E-state index in [2.05, 4.69) is 23.3 Å². The van der Waals surface area contributed by atoms with Crippen LogP contribution < -0.4 is 0 Å². The van der Waals surface area contributed by atoms with Crippen LogP contribution in [0.2, 0.25) is 0 Å². The summed E-state index contributed by atoms with van der Waals surface area (Å²) in [6.45, 7) is 7.45. The van der Waals surface area contributed by atoms with Gasteiger partial charge < -0.3 is 19.4 Å². The maximum Gasteiger partial charge on any atom is 0.410 e. The lowest BCUT2D eigenvalue weighted by Gasteiger charge is -2.38. The maximum atomic E-state index is 13.3. The third-order valence-electron chi connectivity index (χ3n) is 9.36. The second-order valence-electron chi connectivity index (χ2n) is 12.7. The lowest BCUT2D eigenvalue weighted by atomic mass is 9.97. The number of carbonyl (C=O) groups is 2. The molecular weight excluding hydrogens is 633 g/mol. The van der Waals surface area contributed by atoms with Gasteiger partial charge in [0.2, 0.25) is 10.0 Å². The van der Waals surface area contributed by atoms with Crippen molar-refractivity contribution in [1.29, 1.82) is 0 Å². The average Bonchev–Trinajstić information content (AvgIpc) is 3.84. The summed E-state index contributed by atoms with van der Waals surface area (Å²) in [6.07, 6.45) is 5.20. The number of rotatable bonds is 14. The summed E-state index contributed by atoms with van der Waals surface area (Å²) in [5, 5.41) is 4.17. The van der Waals surface area contributed by atoms with Crippen molar-refractivity contribution in [3.8, 4) is 0 Å². The van der Waals surface area contributed by atoms with E-state index in [0.29, 0.717) is 23.5 Å². The fraction of sp³-hybridized carbons (Fsp3) is 0.500. The van der Waals surface area contributed by atoms with Crippen LogP contribution in [0.3, 0.4) is 0 Å². The van der Waals surface area contributed by atoms with Crippen LogP contribution in [0.4, 0.5) is 4.79 Å². The Morgan fingerprint density at radius 3 is 2.43 bits per heavy atom. The van der Waals surface area contributed by atoms with Crippen molar-refractivity contribution in [3.63, 3.8) is 0 Å². The molecule has 1 aromatic heterocycles. The molecule has 0 bridgehead atoms. The van der Waals surface area contributed by atoms with Gasteiger partial charge in [0.1, 0.15) is 6.61 Å². The fourth-order valence-electron chi connectivity index (χ4n) is 6.63. The van der Waals surface area contributed by atoms with Crippen LogP contribution in [0.25, 0.3) is 0 Å². The molecule has 9 nitrogen and oxygen atoms in total. The Morgan fingerprint density at radius 1 is 1.00 bits per heavy atom. The molecule has 2 aliphatic rings. The van der Waals surface area contributed by atoms with Gasteiger partial charge in [-0.1, -0.05) is 37.3 Å². The van der Waals surface area contributed by atoms with E-state index in [0.717, 1.165) is 76.8 Å². The lowest BCUT2D eigenvalue weighted by molar-refractivity contribution is 0.0601. The minimum atomic E-state index is -3.57. The molecule has 2 fully saturated rings. The van der Waals surface area contributed by atoms with E-state index in [1.807, 2.05) is 45.5 Å². The molecule has 2 aromatic carbocycles. The molecule has 3 aromatic rings. The molecule has 5 rings (SSSR count). The van der Waals surface area contributed by atoms with Crippen LogP contribution in [0.5, 0.6) is 0 Å². The number of likely N-dealkylation sites (N-methyl/N-ethyl adjacent to an activating group) is 1. The molecule has 11 heteroatoms. The molecule has 2 aliphatic heterocycles. The highest BCUT2D eigenvalue weighted by Crippen LogP contribution is 2.27. The summed E-state index contributed by atoms with van der Waals surface area (Å²) >= 11 is 1.63. The van der Waals surface area contributed by atoms with Crippen molar-refractivity contribution in [2.24, 2.45) is 0 Å². The molecule has 3 heterocycles. The molecule has 1 unspecified atom stereocenters. The zero-order valence-electron chi connectivity index (χ0n) is 27.6. The van der Waals surface area contributed by atoms with Gasteiger partial charge >= 0.3 is 6.09 Å². The summed E-state index contributed by atoms with van der Waals surface area (Å²) in [6, 6.07) is 18.2. The number of ether oxygens (including phenoxy) is 1. The lowest BCUT2D eigenvalue weighted by Crippen LogP contribution is -2.48. The Labute approximate surface area is 284 Å². The Balaban J connectivity index is 1.12. The Kier molecular flexibility index (Phi) is 12.5. The van der Waals surface area contributed by atoms with Crippen molar-refractivity contribution >= 4 is 33.4 Å². The number of sulfonamides is 1. The van der Waals surface area contributed by atoms with Crippen molar-refractivity contribution in [2.75, 3.05) is 52.9 Å². The molecule has 254 valence electrons. The van der Waals surface area contributed by atoms with Crippen molar-refractivity contribution < 1.29 is 22.7 Å². The highest BCUT2D eigenvalue weighted by molar-refractivity contribution is 7.89. The minimum Gasteiger partial charge on any atom is -0.445 e. The van der Waals surface area contributed by atoms with Gasteiger partial charge in [-0.3, -0.25) is 4.79 Å². The summed E-state index contributed by atoms with van der Waals surface area (Å²) < 4.78 is 33.7. The van der Waals surface area contributed by atoms with Gasteiger partial charge in [-0.25, -0.2) is 17.5 Å². The predicted octanol–water partition coefficient (Wildman–Crippen LogP) is 6.29. The number of hydrogen-bond acceptors (Lipinski definition) is 7. The highest BCUT2D eigenvalue weighted by atomic mass is 32.2. The number of hydrogen-bond donors (Lipinski definition) is 0. The minimum absolute atomic E-state index is 0.0425. The number of amides is 2. The molecular formula is C36H48N4O5S2. The first-order valence-electron chi connectivity index (χ1n) is 16.8. The predicted molar refractivity (Wildman–Crippen MR) is 186 cm³/mol. The molecule has 47 heavy (non-hydrogen) atoms. The van der Waals surface area contributed by atoms with Gasteiger partial charge in [0.25, 0.3) is 5.91 Å². The third kappa shape index (κ3) is 9.22. The van der Waals surface area contributed by atoms with E-state index in [4.69, 9.17) is 4.74 Å². The van der Waals surface area contributed by atoms with Crippen LogP contribution in [0, 0.1) is 0 Å². The summed E-state index contributed by atoms with van der Waals surface area (Å²) in [7, 11) is -1.91. The fourth-order valence-corrected chi connectivity index (χ4v) is 8.61. The Hall–Kier alpha value is -3.25. The van der Waals surface area contributed by atoms with Crippen LogP contribution >= 0.6 is 11.3 Å². The number of benzene rings is 2. The monoisotopic (exact) mass is 680 g/mol. The normalized spacial score (nSPS) is 16.8. The SMILES string of the molecule is CCCN(C(=O)OCc1cccc(C(=O)N2CCCC2)c1)C1CCN(CCC(CN(C)S(=O)(=O)c2ccccc2)c2ccsc2)CC1. The molecule has 2 amide bonds. The highest BCUT2D eigenvalue weighted by Gasteiger charge is 2.30. The second kappa shape index (κ2) is 16.7. The molecule has 0 N–H and O–H groups in total. The molecule has 0 saturated carbocycles. The van der Waals surface area contributed by atoms with Gasteiger partial charge in [0.15, 0.2) is 0 Å². The molecule has 1 atom stereocenters. The quantitative estimate of drug-likeness (QED) is 0.199. The van der Waals surface area contributed by atoms with Crippen molar-refractivity contribution in [1.82, 2.24) is 19.0 Å². The summed E-state index contributed by atoms with van der Waals surface area (Å²) in [5.41, 5.74) is 2.63. The van der Waals surface area contributed by atoms with E-state index in [1.54, 1.807) is 42.6 Å². The van der Waals surface area contributed by atoms with Gasteiger partial charge in [-0.2, -0.15) is 11.3 Å². The van der Waals surface area contributed by atoms with Gasteiger partial charge in [0.05, 0.1) is 4.90 Å². The number of nitrogens with zero attached hydrogens (tertiary/aromatic N) is 4. The van der Waals surface area contributed by atoms with Crippen molar-refractivity contribution in [2.45, 2.75) is 68.9 Å². The largest absolute Gasteiger partial charge is 0.445 e. The standard InChI is InChI=1S/C36H48N4O5S2/c1-3-18-40(36(42)45-27-29-10-9-11-30(25-29)35(41)39-19-7-8-20-39)33-15-22-38(23-16-33)21-14-31(32-17-24-46-28-32)26-37(2)47(43,44)34-12-5-4-6-13-34/h4-6,9-13,17,24-25,28,31,33H,3,7-8,14-16,18-23,26-27H2,1-2H3. The number of likely N-dealkylation sites (tertiary alicyclic amines) is 2. The first-order valence-corrected chi connectivity index (χ1v) is 19.2. The van der Waals surface area contributed by atoms with E-state index < -0.39 is 10.0 Å². The summed E-state index contributed by atoms with van der Waals surface area (Å²) in [4.78, 5) is 32.6. The van der Waals surface area contributed by atoms with Gasteiger partial charge in [-0.05, 0) is 103 Å². The number of piperidine rings is 1. The molecule has 0 radical (unpaired) electrons. The smallest absolute Gasteiger partial charge is 0.410 e. The third-order valence-corrected chi connectivity index (χ3v) is 11.9. The first kappa shape index (κ1) is 35.1. The first-order chi connectivity index (χ1) is 22.8. The van der Waals surface area contributed by atoms with E-state index >= 15 is 0 Å². The Morgan fingerprint density at radius 2 is 1.74 bits per heavy atom. The zero-order valence-corrected chi connectivity index (χ0v) is 29.3. The molecule has 0 aliphatic carbocycles. The van der Waals surface area contributed by atoms with E-state index in [1.165, 1.54) is 9.87 Å². The van der Waals surface area contributed by atoms with Crippen LogP contribution in [-0.2, 0) is 21.4 Å². The van der Waals surface area contributed by atoms with E-state index in [9.17, 15) is 18.0 Å². The van der Waals surface area contributed by atoms with Crippen LogP contribution in [-0.4, -0.2) is 98.3 Å². The second-order valence-corrected chi connectivity index (χ2v) is 15.5. The average molecular weight is 681 g/mol. The van der Waals surface area contributed by atoms with Crippen molar-refractivity contribution in [3.05, 3.63) is 88.1 Å². The zero-order chi connectivity index (χ0) is 33.2. The number of thiophene rings is 1. The number of carbonyl (C=O) groups excluding carboxylic acids is 2. The summed E-state index contributed by atoms with van der Waals surface area (Å²) in [5.74, 6) is 0.124. The van der Waals surface area contributed by atoms with E-state index in [-0.39, 0.29) is 30.6 Å². The van der Waals surface area contributed by atoms with Crippen LogP contribution in [0.1, 0.15) is 72.9 Å². The van der Waals surface area contributed by atoms with Gasteiger partial charge in [0, 0.05) is 57.9 Å². The van der Waals surface area contributed by atoms with Gasteiger partial charge in [-0.15, -0.1) is 0 Å². The molecule has 0 spiro atoms. The Bertz CT molecular complexity index is 1540. The molecule has 2 saturated heterocycles. The van der Waals surface area contributed by atoms with Crippen LogP contribution in [0.15, 0.2) is 76.3 Å². The topological polar surface area (TPSA) is 90.5 Å².